The molecule has 2 aromatic rings. The van der Waals surface area contributed by atoms with Gasteiger partial charge >= 0.3 is 0 Å². The Morgan fingerprint density at radius 2 is 1.76 bits per heavy atom. The molecule has 1 atom stereocenters. The number of hydrogen-bond donors (Lipinski definition) is 0. The van der Waals surface area contributed by atoms with E-state index in [1.54, 1.807) is 19.2 Å². The van der Waals surface area contributed by atoms with E-state index in [0.717, 1.165) is 48.8 Å². The van der Waals surface area contributed by atoms with Crippen molar-refractivity contribution in [3.8, 4) is 11.5 Å². The second kappa shape index (κ2) is 9.93. The van der Waals surface area contributed by atoms with Gasteiger partial charge in [-0.05, 0) is 55.8 Å². The van der Waals surface area contributed by atoms with Crippen molar-refractivity contribution in [1.29, 1.82) is 0 Å². The molecule has 0 unspecified atom stereocenters. The molecule has 2 aliphatic heterocycles. The third-order valence-electron chi connectivity index (χ3n) is 6.76. The Balaban J connectivity index is 1.65. The highest BCUT2D eigenvalue weighted by Gasteiger charge is 2.35. The fraction of sp³-hybridized carbons (Fsp3) is 0.462. The summed E-state index contributed by atoms with van der Waals surface area (Å²) < 4.78 is 11.1. The monoisotopic (exact) mass is 450 g/mol. The van der Waals surface area contributed by atoms with Crippen LogP contribution < -0.4 is 9.47 Å². The molecule has 0 radical (unpaired) electrons. The Labute approximate surface area is 196 Å². The number of likely N-dealkylation sites (N-methyl/N-ethyl adjacent to an activating group) is 1. The van der Waals surface area contributed by atoms with Crippen LogP contribution in [-0.2, 0) is 4.79 Å². The number of nitrogens with zero attached hydrogens (tertiary/aromatic N) is 4. The largest absolute Gasteiger partial charge is 0.497 e. The molecule has 2 aromatic carbocycles. The van der Waals surface area contributed by atoms with Gasteiger partial charge in [0.15, 0.2) is 0 Å². The van der Waals surface area contributed by atoms with Crippen LogP contribution in [0.25, 0.3) is 0 Å². The molecule has 0 aliphatic carbocycles. The molecule has 1 fully saturated rings. The molecule has 4 rings (SSSR count). The summed E-state index contributed by atoms with van der Waals surface area (Å²) in [5.74, 6) is 1.44. The maximum Gasteiger partial charge on any atom is 0.257 e. The first-order valence-corrected chi connectivity index (χ1v) is 11.5. The quantitative estimate of drug-likeness (QED) is 0.676. The molecule has 0 spiro atoms. The van der Waals surface area contributed by atoms with Crippen LogP contribution in [0.2, 0.25) is 0 Å². The van der Waals surface area contributed by atoms with Gasteiger partial charge in [-0.2, -0.15) is 5.10 Å². The number of hydrazone groups is 1. The third-order valence-corrected chi connectivity index (χ3v) is 6.76. The fourth-order valence-corrected chi connectivity index (χ4v) is 4.44. The van der Waals surface area contributed by atoms with Crippen molar-refractivity contribution in [3.05, 3.63) is 58.7 Å². The summed E-state index contributed by atoms with van der Waals surface area (Å²) in [5.41, 5.74) is 5.38. The van der Waals surface area contributed by atoms with E-state index < -0.39 is 0 Å². The van der Waals surface area contributed by atoms with E-state index in [1.165, 1.54) is 11.1 Å². The Kier molecular flexibility index (Phi) is 7.00. The van der Waals surface area contributed by atoms with Crippen molar-refractivity contribution < 1.29 is 14.3 Å². The van der Waals surface area contributed by atoms with Gasteiger partial charge in [0, 0.05) is 44.2 Å². The molecule has 0 N–H and O–H groups in total. The van der Waals surface area contributed by atoms with Crippen LogP contribution in [0.15, 0.2) is 41.5 Å². The Morgan fingerprint density at radius 3 is 2.42 bits per heavy atom. The molecule has 7 nitrogen and oxygen atoms in total. The molecule has 7 heteroatoms. The van der Waals surface area contributed by atoms with Gasteiger partial charge in [0.1, 0.15) is 11.5 Å². The standard InChI is InChI=1S/C26H34N4O3/c1-18-6-7-20(14-19(18)2)23-16-24(22-9-8-21(32-4)15-25(22)33-5)30(27-23)26(31)17-29-12-10-28(3)11-13-29/h6-9,14-15,24H,10-13,16-17H2,1-5H3/t24-/m0/s1. The normalized spacial score (nSPS) is 19.5. The second-order valence-corrected chi connectivity index (χ2v) is 8.99. The van der Waals surface area contributed by atoms with Crippen molar-refractivity contribution in [2.24, 2.45) is 5.10 Å². The smallest absolute Gasteiger partial charge is 0.257 e. The van der Waals surface area contributed by atoms with E-state index >= 15 is 0 Å². The predicted octanol–water partition coefficient (Wildman–Crippen LogP) is 3.25. The molecule has 2 heterocycles. The van der Waals surface area contributed by atoms with Crippen LogP contribution in [-0.4, -0.2) is 80.4 Å². The summed E-state index contributed by atoms with van der Waals surface area (Å²) in [7, 11) is 5.40. The number of aryl methyl sites for hydroxylation is 2. The van der Waals surface area contributed by atoms with Gasteiger partial charge < -0.3 is 14.4 Å². The molecule has 1 amide bonds. The van der Waals surface area contributed by atoms with Gasteiger partial charge in [-0.15, -0.1) is 0 Å². The molecule has 33 heavy (non-hydrogen) atoms. The number of carbonyl (C=O) groups is 1. The zero-order valence-corrected chi connectivity index (χ0v) is 20.3. The minimum atomic E-state index is -0.220. The minimum absolute atomic E-state index is 0.0151. The number of ether oxygens (including phenoxy) is 2. The van der Waals surface area contributed by atoms with Crippen LogP contribution in [0.5, 0.6) is 11.5 Å². The number of benzene rings is 2. The van der Waals surface area contributed by atoms with Gasteiger partial charge in [0.25, 0.3) is 5.91 Å². The zero-order valence-electron chi connectivity index (χ0n) is 20.3. The summed E-state index contributed by atoms with van der Waals surface area (Å²) in [6.45, 7) is 8.30. The molecule has 0 saturated carbocycles. The summed E-state index contributed by atoms with van der Waals surface area (Å²) in [6, 6.07) is 11.9. The highest BCUT2D eigenvalue weighted by atomic mass is 16.5. The fourth-order valence-electron chi connectivity index (χ4n) is 4.44. The first-order valence-electron chi connectivity index (χ1n) is 11.5. The lowest BCUT2D eigenvalue weighted by Crippen LogP contribution is -2.48. The third kappa shape index (κ3) is 5.04. The average Bonchev–Trinajstić information content (AvgIpc) is 3.27. The lowest BCUT2D eigenvalue weighted by molar-refractivity contribution is -0.134. The first-order chi connectivity index (χ1) is 15.9. The summed E-state index contributed by atoms with van der Waals surface area (Å²) in [6.07, 6.45) is 0.639. The van der Waals surface area contributed by atoms with Crippen LogP contribution in [0.1, 0.15) is 34.7 Å². The van der Waals surface area contributed by atoms with E-state index in [4.69, 9.17) is 14.6 Å². The van der Waals surface area contributed by atoms with Crippen LogP contribution >= 0.6 is 0 Å². The van der Waals surface area contributed by atoms with E-state index in [2.05, 4.69) is 48.9 Å². The lowest BCUT2D eigenvalue weighted by Gasteiger charge is -2.33. The molecule has 1 saturated heterocycles. The van der Waals surface area contributed by atoms with Crippen LogP contribution in [0.3, 0.4) is 0 Å². The van der Waals surface area contributed by atoms with Gasteiger partial charge in [-0.25, -0.2) is 5.01 Å². The summed E-state index contributed by atoms with van der Waals surface area (Å²) in [5, 5.41) is 6.54. The van der Waals surface area contributed by atoms with E-state index in [1.807, 2.05) is 18.2 Å². The van der Waals surface area contributed by atoms with Crippen molar-refractivity contribution in [2.45, 2.75) is 26.3 Å². The molecule has 2 aliphatic rings. The number of amides is 1. The maximum absolute atomic E-state index is 13.5. The molecular formula is C26H34N4O3. The predicted molar refractivity (Wildman–Crippen MR) is 130 cm³/mol. The second-order valence-electron chi connectivity index (χ2n) is 8.99. The zero-order chi connectivity index (χ0) is 23.5. The van der Waals surface area contributed by atoms with Crippen molar-refractivity contribution in [3.63, 3.8) is 0 Å². The van der Waals surface area contributed by atoms with Crippen LogP contribution in [0.4, 0.5) is 0 Å². The number of methoxy groups -OCH3 is 2. The summed E-state index contributed by atoms with van der Waals surface area (Å²) >= 11 is 0. The molecule has 176 valence electrons. The number of rotatable bonds is 6. The van der Waals surface area contributed by atoms with E-state index in [-0.39, 0.29) is 11.9 Å². The van der Waals surface area contributed by atoms with Gasteiger partial charge in [-0.1, -0.05) is 12.1 Å². The Hall–Kier alpha value is -2.90. The highest BCUT2D eigenvalue weighted by Crippen LogP contribution is 2.39. The maximum atomic E-state index is 13.5. The minimum Gasteiger partial charge on any atom is -0.497 e. The SMILES string of the molecule is COc1ccc([C@@H]2CC(c3ccc(C)c(C)c3)=NN2C(=O)CN2CCN(C)CC2)c(OC)c1. The highest BCUT2D eigenvalue weighted by molar-refractivity contribution is 6.03. The number of piperazine rings is 1. The number of hydrogen-bond acceptors (Lipinski definition) is 6. The van der Waals surface area contributed by atoms with E-state index in [0.29, 0.717) is 18.7 Å². The topological polar surface area (TPSA) is 57.6 Å². The van der Waals surface area contributed by atoms with Gasteiger partial charge in [0.05, 0.1) is 32.5 Å². The Bertz CT molecular complexity index is 1040. The molecule has 0 aromatic heterocycles. The van der Waals surface area contributed by atoms with Crippen molar-refractivity contribution in [2.75, 3.05) is 54.0 Å². The van der Waals surface area contributed by atoms with Crippen molar-refractivity contribution in [1.82, 2.24) is 14.8 Å². The summed E-state index contributed by atoms with van der Waals surface area (Å²) in [4.78, 5) is 18.0. The lowest BCUT2D eigenvalue weighted by atomic mass is 9.96. The average molecular weight is 451 g/mol. The molecule has 0 bridgehead atoms. The molecular weight excluding hydrogens is 416 g/mol. The van der Waals surface area contributed by atoms with Gasteiger partial charge in [0.2, 0.25) is 0 Å². The van der Waals surface area contributed by atoms with Crippen LogP contribution in [0, 0.1) is 13.8 Å². The Morgan fingerprint density at radius 1 is 1.00 bits per heavy atom. The number of carbonyl (C=O) groups excluding carboxylic acids is 1. The van der Waals surface area contributed by atoms with Gasteiger partial charge in [-0.3, -0.25) is 9.69 Å². The van der Waals surface area contributed by atoms with Crippen molar-refractivity contribution >= 4 is 11.6 Å². The van der Waals surface area contributed by atoms with E-state index in [9.17, 15) is 4.79 Å². The first kappa shape index (κ1) is 23.3.